The maximum absolute atomic E-state index is 12.5. The number of imidazole rings is 1. The Labute approximate surface area is 120 Å². The van der Waals surface area contributed by atoms with Gasteiger partial charge >= 0.3 is 0 Å². The number of nitrogens with zero attached hydrogens (tertiary/aromatic N) is 2. The number of carbonyl (C=O) groups excluding carboxylic acids is 1. The van der Waals surface area contributed by atoms with Gasteiger partial charge in [-0.1, -0.05) is 25.5 Å². The second kappa shape index (κ2) is 5.39. The van der Waals surface area contributed by atoms with E-state index in [1.165, 1.54) is 12.8 Å². The topological polar surface area (TPSA) is 34.9 Å². The lowest BCUT2D eigenvalue weighted by atomic mass is 9.97. The van der Waals surface area contributed by atoms with Gasteiger partial charge in [0.25, 0.3) is 0 Å². The SMILES string of the molecule is CCC1CCC(C(=O)Cc2nc3ccccc3n2C)C1. The fourth-order valence-electron chi connectivity index (χ4n) is 3.39. The molecule has 1 heterocycles. The summed E-state index contributed by atoms with van der Waals surface area (Å²) in [4.78, 5) is 17.1. The minimum Gasteiger partial charge on any atom is -0.331 e. The fourth-order valence-corrected chi connectivity index (χ4v) is 3.39. The minimum absolute atomic E-state index is 0.264. The number of para-hydroxylation sites is 2. The van der Waals surface area contributed by atoms with Gasteiger partial charge in [-0.3, -0.25) is 4.79 Å². The third-order valence-electron chi connectivity index (χ3n) is 4.79. The van der Waals surface area contributed by atoms with Crippen molar-refractivity contribution >= 4 is 16.8 Å². The van der Waals surface area contributed by atoms with Gasteiger partial charge in [0.15, 0.2) is 0 Å². The maximum Gasteiger partial charge on any atom is 0.143 e. The van der Waals surface area contributed by atoms with Gasteiger partial charge in [0.2, 0.25) is 0 Å². The van der Waals surface area contributed by atoms with Crippen molar-refractivity contribution in [2.45, 2.75) is 39.0 Å². The second-order valence-electron chi connectivity index (χ2n) is 6.00. The Balaban J connectivity index is 1.76. The molecule has 0 bridgehead atoms. The molecule has 3 rings (SSSR count). The molecule has 1 fully saturated rings. The van der Waals surface area contributed by atoms with Crippen molar-refractivity contribution in [3.8, 4) is 0 Å². The van der Waals surface area contributed by atoms with Crippen LogP contribution in [0.4, 0.5) is 0 Å². The van der Waals surface area contributed by atoms with Crippen LogP contribution in [0.25, 0.3) is 11.0 Å². The molecule has 1 aliphatic carbocycles. The zero-order valence-electron chi connectivity index (χ0n) is 12.3. The number of aryl methyl sites for hydroxylation is 1. The second-order valence-corrected chi connectivity index (χ2v) is 6.00. The lowest BCUT2D eigenvalue weighted by Gasteiger charge is -2.09. The highest BCUT2D eigenvalue weighted by Crippen LogP contribution is 2.34. The van der Waals surface area contributed by atoms with Gasteiger partial charge in [-0.05, 0) is 37.3 Å². The van der Waals surface area contributed by atoms with E-state index in [0.29, 0.717) is 12.2 Å². The van der Waals surface area contributed by atoms with Crippen LogP contribution >= 0.6 is 0 Å². The number of Topliss-reactive ketones (excluding diaryl/α,β-unsaturated/α-hetero) is 1. The molecule has 1 saturated carbocycles. The number of rotatable bonds is 4. The Kier molecular flexibility index (Phi) is 3.60. The molecule has 0 N–H and O–H groups in total. The highest BCUT2D eigenvalue weighted by Gasteiger charge is 2.29. The first kappa shape index (κ1) is 13.3. The lowest BCUT2D eigenvalue weighted by molar-refractivity contribution is -0.122. The van der Waals surface area contributed by atoms with E-state index in [2.05, 4.69) is 22.5 Å². The van der Waals surface area contributed by atoms with Crippen LogP contribution in [0.1, 0.15) is 38.4 Å². The first-order valence-corrected chi connectivity index (χ1v) is 7.62. The maximum atomic E-state index is 12.5. The molecule has 0 aliphatic heterocycles. The Morgan fingerprint density at radius 2 is 2.15 bits per heavy atom. The van der Waals surface area contributed by atoms with Gasteiger partial charge in [0.05, 0.1) is 17.5 Å². The van der Waals surface area contributed by atoms with Crippen molar-refractivity contribution in [1.82, 2.24) is 9.55 Å². The van der Waals surface area contributed by atoms with Crippen LogP contribution in [0.15, 0.2) is 24.3 Å². The van der Waals surface area contributed by atoms with Gasteiger partial charge in [-0.2, -0.15) is 0 Å². The van der Waals surface area contributed by atoms with E-state index in [4.69, 9.17) is 0 Å². The number of ketones is 1. The molecule has 0 radical (unpaired) electrons. The van der Waals surface area contributed by atoms with Crippen LogP contribution < -0.4 is 0 Å². The summed E-state index contributed by atoms with van der Waals surface area (Å²) in [6.45, 7) is 2.23. The molecule has 20 heavy (non-hydrogen) atoms. The van der Waals surface area contributed by atoms with Crippen LogP contribution in [0.5, 0.6) is 0 Å². The van der Waals surface area contributed by atoms with Crippen molar-refractivity contribution in [3.63, 3.8) is 0 Å². The molecule has 2 aromatic rings. The number of hydrogen-bond acceptors (Lipinski definition) is 2. The molecule has 3 heteroatoms. The van der Waals surface area contributed by atoms with Gasteiger partial charge in [0, 0.05) is 13.0 Å². The van der Waals surface area contributed by atoms with E-state index in [-0.39, 0.29) is 5.92 Å². The Bertz CT molecular complexity index is 629. The predicted octanol–water partition coefficient (Wildman–Crippen LogP) is 3.51. The molecule has 0 spiro atoms. The van der Waals surface area contributed by atoms with E-state index in [1.54, 1.807) is 0 Å². The smallest absolute Gasteiger partial charge is 0.143 e. The summed E-state index contributed by atoms with van der Waals surface area (Å²) in [5.74, 6) is 2.29. The monoisotopic (exact) mass is 270 g/mol. The molecular formula is C17H22N2O. The fraction of sp³-hybridized carbons (Fsp3) is 0.529. The van der Waals surface area contributed by atoms with Gasteiger partial charge in [0.1, 0.15) is 11.6 Å². The quantitative estimate of drug-likeness (QED) is 0.852. The largest absolute Gasteiger partial charge is 0.331 e. The third-order valence-corrected chi connectivity index (χ3v) is 4.79. The number of fused-ring (bicyclic) bond motifs is 1. The van der Waals surface area contributed by atoms with Crippen LogP contribution in [0, 0.1) is 11.8 Å². The average Bonchev–Trinajstić information content (AvgIpc) is 3.05. The highest BCUT2D eigenvalue weighted by molar-refractivity contribution is 5.84. The Morgan fingerprint density at radius 1 is 1.35 bits per heavy atom. The molecule has 1 aliphatic rings. The summed E-state index contributed by atoms with van der Waals surface area (Å²) in [7, 11) is 2.00. The summed E-state index contributed by atoms with van der Waals surface area (Å²) in [5, 5.41) is 0. The summed E-state index contributed by atoms with van der Waals surface area (Å²) >= 11 is 0. The van der Waals surface area contributed by atoms with Gasteiger partial charge in [-0.25, -0.2) is 4.98 Å². The summed E-state index contributed by atoms with van der Waals surface area (Å²) in [6, 6.07) is 8.06. The standard InChI is InChI=1S/C17H22N2O/c1-3-12-8-9-13(10-12)16(20)11-17-18-14-6-4-5-7-15(14)19(17)2/h4-7,12-13H,3,8-11H2,1-2H3. The van der Waals surface area contributed by atoms with E-state index in [0.717, 1.165) is 35.6 Å². The Hall–Kier alpha value is -1.64. The number of aromatic nitrogens is 2. The minimum atomic E-state index is 0.264. The molecule has 106 valence electrons. The summed E-state index contributed by atoms with van der Waals surface area (Å²) in [5.41, 5.74) is 2.09. The van der Waals surface area contributed by atoms with Crippen LogP contribution in [0.2, 0.25) is 0 Å². The van der Waals surface area contributed by atoms with E-state index < -0.39 is 0 Å². The molecule has 1 aromatic carbocycles. The van der Waals surface area contributed by atoms with E-state index >= 15 is 0 Å². The molecule has 2 unspecified atom stereocenters. The first-order valence-electron chi connectivity index (χ1n) is 7.62. The molecule has 2 atom stereocenters. The van der Waals surface area contributed by atoms with Crippen LogP contribution in [-0.4, -0.2) is 15.3 Å². The van der Waals surface area contributed by atoms with E-state index in [9.17, 15) is 4.79 Å². The van der Waals surface area contributed by atoms with Crippen molar-refractivity contribution < 1.29 is 4.79 Å². The highest BCUT2D eigenvalue weighted by atomic mass is 16.1. The van der Waals surface area contributed by atoms with Crippen LogP contribution in [0.3, 0.4) is 0 Å². The van der Waals surface area contributed by atoms with Crippen molar-refractivity contribution in [2.75, 3.05) is 0 Å². The number of carbonyl (C=O) groups is 1. The van der Waals surface area contributed by atoms with Gasteiger partial charge in [-0.15, -0.1) is 0 Å². The summed E-state index contributed by atoms with van der Waals surface area (Å²) < 4.78 is 2.06. The summed E-state index contributed by atoms with van der Waals surface area (Å²) in [6.07, 6.45) is 5.05. The number of hydrogen-bond donors (Lipinski definition) is 0. The molecule has 3 nitrogen and oxygen atoms in total. The van der Waals surface area contributed by atoms with Gasteiger partial charge < -0.3 is 4.57 Å². The zero-order chi connectivity index (χ0) is 14.1. The zero-order valence-corrected chi connectivity index (χ0v) is 12.3. The molecule has 1 aromatic heterocycles. The third kappa shape index (κ3) is 2.37. The number of benzene rings is 1. The van der Waals surface area contributed by atoms with Crippen molar-refractivity contribution in [3.05, 3.63) is 30.1 Å². The lowest BCUT2D eigenvalue weighted by Crippen LogP contribution is -2.16. The first-order chi connectivity index (χ1) is 9.69. The predicted molar refractivity (Wildman–Crippen MR) is 80.5 cm³/mol. The Morgan fingerprint density at radius 3 is 2.85 bits per heavy atom. The average molecular weight is 270 g/mol. The molecular weight excluding hydrogens is 248 g/mol. The van der Waals surface area contributed by atoms with Crippen LogP contribution in [-0.2, 0) is 18.3 Å². The molecule has 0 saturated heterocycles. The van der Waals surface area contributed by atoms with E-state index in [1.807, 2.05) is 25.2 Å². The normalized spacial score (nSPS) is 22.5. The molecule has 0 amide bonds. The van der Waals surface area contributed by atoms with Crippen molar-refractivity contribution in [1.29, 1.82) is 0 Å². The van der Waals surface area contributed by atoms with Crippen molar-refractivity contribution in [2.24, 2.45) is 18.9 Å².